The van der Waals surface area contributed by atoms with Crippen molar-refractivity contribution < 1.29 is 4.79 Å². The Morgan fingerprint density at radius 1 is 1.44 bits per heavy atom. The van der Waals surface area contributed by atoms with E-state index >= 15 is 0 Å². The van der Waals surface area contributed by atoms with E-state index in [1.54, 1.807) is 11.3 Å². The van der Waals surface area contributed by atoms with E-state index in [0.717, 1.165) is 30.8 Å². The van der Waals surface area contributed by atoms with Crippen molar-refractivity contribution >= 4 is 17.2 Å². The summed E-state index contributed by atoms with van der Waals surface area (Å²) in [6.45, 7) is 1.93. The van der Waals surface area contributed by atoms with Crippen LogP contribution in [0, 0.1) is 0 Å². The Hall–Kier alpha value is -0.870. The normalized spacial score (nSPS) is 22.1. The molecular formula is C14H20N2OS. The van der Waals surface area contributed by atoms with E-state index in [4.69, 9.17) is 0 Å². The second-order valence-electron chi connectivity index (χ2n) is 5.25. The number of carbonyl (C=O) groups excluding carboxylic acids is 1. The van der Waals surface area contributed by atoms with Gasteiger partial charge in [0.2, 0.25) is 0 Å². The molecule has 2 heterocycles. The van der Waals surface area contributed by atoms with Gasteiger partial charge in [-0.05, 0) is 56.7 Å². The molecule has 1 amide bonds. The molecule has 0 spiro atoms. The Morgan fingerprint density at radius 2 is 2.39 bits per heavy atom. The fraction of sp³-hybridized carbons (Fsp3) is 0.643. The van der Waals surface area contributed by atoms with Crippen LogP contribution in [0.2, 0.25) is 0 Å². The number of nitrogens with one attached hydrogen (secondary N) is 2. The van der Waals surface area contributed by atoms with Crippen LogP contribution >= 0.6 is 11.3 Å². The minimum absolute atomic E-state index is 0.118. The van der Waals surface area contributed by atoms with Crippen molar-refractivity contribution in [3.05, 3.63) is 21.4 Å². The third-order valence-electron chi connectivity index (χ3n) is 3.91. The van der Waals surface area contributed by atoms with Crippen LogP contribution in [-0.2, 0) is 12.8 Å². The van der Waals surface area contributed by atoms with E-state index in [2.05, 4.69) is 16.7 Å². The predicted molar refractivity (Wildman–Crippen MR) is 74.3 cm³/mol. The number of rotatable bonds is 4. The maximum absolute atomic E-state index is 12.0. The summed E-state index contributed by atoms with van der Waals surface area (Å²) in [6.07, 6.45) is 7.16. The van der Waals surface area contributed by atoms with Crippen LogP contribution in [0.15, 0.2) is 6.07 Å². The Morgan fingerprint density at radius 3 is 3.17 bits per heavy atom. The molecule has 2 N–H and O–H groups in total. The molecule has 1 aromatic rings. The van der Waals surface area contributed by atoms with Crippen molar-refractivity contribution in [3.63, 3.8) is 0 Å². The largest absolute Gasteiger partial charge is 0.351 e. The molecule has 1 aliphatic heterocycles. The van der Waals surface area contributed by atoms with Crippen molar-refractivity contribution in [1.82, 2.24) is 10.6 Å². The van der Waals surface area contributed by atoms with Gasteiger partial charge in [0.15, 0.2) is 0 Å². The molecule has 3 rings (SSSR count). The number of hydrogen-bond acceptors (Lipinski definition) is 3. The molecule has 1 saturated heterocycles. The first kappa shape index (κ1) is 12.2. The summed E-state index contributed by atoms with van der Waals surface area (Å²) >= 11 is 1.69. The highest BCUT2D eigenvalue weighted by molar-refractivity contribution is 7.14. The highest BCUT2D eigenvalue weighted by Crippen LogP contribution is 2.30. The second kappa shape index (κ2) is 5.41. The number of hydrogen-bond donors (Lipinski definition) is 2. The third-order valence-corrected chi connectivity index (χ3v) is 5.15. The molecule has 18 heavy (non-hydrogen) atoms. The maximum Gasteiger partial charge on any atom is 0.261 e. The predicted octanol–water partition coefficient (Wildman–Crippen LogP) is 2.11. The van der Waals surface area contributed by atoms with E-state index < -0.39 is 0 Å². The molecule has 0 saturated carbocycles. The van der Waals surface area contributed by atoms with Gasteiger partial charge in [-0.2, -0.15) is 0 Å². The zero-order valence-electron chi connectivity index (χ0n) is 10.6. The van der Waals surface area contributed by atoms with Gasteiger partial charge >= 0.3 is 0 Å². The zero-order chi connectivity index (χ0) is 12.4. The van der Waals surface area contributed by atoms with Crippen molar-refractivity contribution in [1.29, 1.82) is 0 Å². The van der Waals surface area contributed by atoms with Gasteiger partial charge < -0.3 is 10.6 Å². The lowest BCUT2D eigenvalue weighted by Crippen LogP contribution is -2.30. The average Bonchev–Trinajstić information content (AvgIpc) is 3.04. The first-order valence-electron chi connectivity index (χ1n) is 6.96. The Balaban J connectivity index is 1.48. The lowest BCUT2D eigenvalue weighted by Gasteiger charge is -2.10. The molecule has 3 nitrogen and oxygen atoms in total. The Labute approximate surface area is 112 Å². The third kappa shape index (κ3) is 2.59. The Bertz CT molecular complexity index is 414. The molecule has 0 unspecified atom stereocenters. The fourth-order valence-electron chi connectivity index (χ4n) is 2.89. The highest BCUT2D eigenvalue weighted by atomic mass is 32.1. The Kier molecular flexibility index (Phi) is 3.66. The lowest BCUT2D eigenvalue weighted by atomic mass is 10.1. The van der Waals surface area contributed by atoms with Crippen LogP contribution in [0.4, 0.5) is 0 Å². The van der Waals surface area contributed by atoms with Gasteiger partial charge in [-0.3, -0.25) is 4.79 Å². The molecule has 1 fully saturated rings. The maximum atomic E-state index is 12.0. The van der Waals surface area contributed by atoms with E-state index in [-0.39, 0.29) is 5.91 Å². The minimum atomic E-state index is 0.118. The first-order valence-corrected chi connectivity index (χ1v) is 7.78. The van der Waals surface area contributed by atoms with E-state index in [1.165, 1.54) is 36.1 Å². The van der Waals surface area contributed by atoms with Crippen LogP contribution in [-0.4, -0.2) is 25.0 Å². The highest BCUT2D eigenvalue weighted by Gasteiger charge is 2.19. The number of thiophene rings is 1. The van der Waals surface area contributed by atoms with Gasteiger partial charge in [-0.15, -0.1) is 11.3 Å². The van der Waals surface area contributed by atoms with Crippen molar-refractivity contribution in [3.8, 4) is 0 Å². The summed E-state index contributed by atoms with van der Waals surface area (Å²) in [4.78, 5) is 14.3. The molecule has 98 valence electrons. The summed E-state index contributed by atoms with van der Waals surface area (Å²) in [7, 11) is 0. The number of amides is 1. The number of aryl methyl sites for hydroxylation is 2. The van der Waals surface area contributed by atoms with Gasteiger partial charge in [0.25, 0.3) is 5.91 Å². The molecule has 1 aliphatic carbocycles. The standard InChI is InChI=1S/C14H20N2OS/c17-14(16-8-6-11-4-2-7-15-11)13-9-10-3-1-5-12(10)18-13/h9,11,15H,1-8H2,(H,16,17)/t11-/m0/s1. The second-order valence-corrected chi connectivity index (χ2v) is 6.39. The van der Waals surface area contributed by atoms with Crippen LogP contribution in [0.3, 0.4) is 0 Å². The SMILES string of the molecule is O=C(NCC[C@@H]1CCCN1)c1cc2c(s1)CCC2. The zero-order valence-corrected chi connectivity index (χ0v) is 11.4. The quantitative estimate of drug-likeness (QED) is 0.874. The van der Waals surface area contributed by atoms with Crippen molar-refractivity contribution in [2.45, 2.75) is 44.6 Å². The summed E-state index contributed by atoms with van der Waals surface area (Å²) < 4.78 is 0. The molecule has 1 aromatic heterocycles. The molecule has 0 radical (unpaired) electrons. The molecule has 1 atom stereocenters. The van der Waals surface area contributed by atoms with E-state index in [9.17, 15) is 4.79 Å². The average molecular weight is 264 g/mol. The monoisotopic (exact) mass is 264 g/mol. The van der Waals surface area contributed by atoms with E-state index in [0.29, 0.717) is 6.04 Å². The smallest absolute Gasteiger partial charge is 0.261 e. The first-order chi connectivity index (χ1) is 8.83. The fourth-order valence-corrected chi connectivity index (χ4v) is 4.06. The van der Waals surface area contributed by atoms with Crippen molar-refractivity contribution in [2.75, 3.05) is 13.1 Å². The lowest BCUT2D eigenvalue weighted by molar-refractivity contribution is 0.0956. The molecular weight excluding hydrogens is 244 g/mol. The molecule has 0 bridgehead atoms. The van der Waals surface area contributed by atoms with Gasteiger partial charge in [-0.25, -0.2) is 0 Å². The molecule has 2 aliphatic rings. The molecule has 0 aromatic carbocycles. The van der Waals surface area contributed by atoms with Crippen LogP contribution in [0.25, 0.3) is 0 Å². The van der Waals surface area contributed by atoms with E-state index in [1.807, 2.05) is 0 Å². The number of fused-ring (bicyclic) bond motifs is 1. The van der Waals surface area contributed by atoms with Gasteiger partial charge in [0.1, 0.15) is 0 Å². The molecule has 4 heteroatoms. The topological polar surface area (TPSA) is 41.1 Å². The van der Waals surface area contributed by atoms with Gasteiger partial charge in [-0.1, -0.05) is 0 Å². The summed E-state index contributed by atoms with van der Waals surface area (Å²) in [6, 6.07) is 2.70. The van der Waals surface area contributed by atoms with Crippen molar-refractivity contribution in [2.24, 2.45) is 0 Å². The summed E-state index contributed by atoms with van der Waals surface area (Å²) in [5.41, 5.74) is 1.41. The van der Waals surface area contributed by atoms with Gasteiger partial charge in [0.05, 0.1) is 4.88 Å². The summed E-state index contributed by atoms with van der Waals surface area (Å²) in [5, 5.41) is 6.50. The van der Waals surface area contributed by atoms with Crippen LogP contribution in [0.5, 0.6) is 0 Å². The van der Waals surface area contributed by atoms with Crippen LogP contribution in [0.1, 0.15) is 45.8 Å². The minimum Gasteiger partial charge on any atom is -0.351 e. The summed E-state index contributed by atoms with van der Waals surface area (Å²) in [5.74, 6) is 0.118. The van der Waals surface area contributed by atoms with Crippen LogP contribution < -0.4 is 10.6 Å². The van der Waals surface area contributed by atoms with Gasteiger partial charge in [0, 0.05) is 17.5 Å². The number of carbonyl (C=O) groups is 1.